The number of aliphatic imine (C=N–C) groups is 1. The Morgan fingerprint density at radius 1 is 1.27 bits per heavy atom. The second kappa shape index (κ2) is 7.85. The summed E-state index contributed by atoms with van der Waals surface area (Å²) in [5, 5.41) is 3.17. The van der Waals surface area contributed by atoms with Gasteiger partial charge in [-0.2, -0.15) is 13.2 Å². The highest BCUT2D eigenvalue weighted by Gasteiger charge is 2.41. The zero-order valence-corrected chi connectivity index (χ0v) is 16.0. The molecule has 0 aromatic carbocycles. The molecule has 148 valence electrons. The van der Waals surface area contributed by atoms with Crippen molar-refractivity contribution in [2.45, 2.75) is 51.9 Å². The molecule has 9 heteroatoms. The Bertz CT molecular complexity index is 613. The molecule has 1 unspecified atom stereocenters. The molecule has 1 aromatic heterocycles. The highest BCUT2D eigenvalue weighted by Crippen LogP contribution is 2.25. The van der Waals surface area contributed by atoms with Crippen LogP contribution in [0, 0.1) is 0 Å². The Morgan fingerprint density at radius 3 is 2.35 bits per heavy atom. The van der Waals surface area contributed by atoms with Crippen LogP contribution in [-0.2, 0) is 12.0 Å². The minimum Gasteiger partial charge on any atom is -0.443 e. The Morgan fingerprint density at radius 2 is 1.88 bits per heavy atom. The first-order chi connectivity index (χ1) is 12.0. The van der Waals surface area contributed by atoms with E-state index in [2.05, 4.69) is 15.3 Å². The first kappa shape index (κ1) is 20.5. The average molecular weight is 375 g/mol. The quantitative estimate of drug-likeness (QED) is 0.650. The van der Waals surface area contributed by atoms with E-state index in [4.69, 9.17) is 4.42 Å². The molecule has 0 saturated carbocycles. The van der Waals surface area contributed by atoms with Gasteiger partial charge >= 0.3 is 6.18 Å². The Labute approximate surface area is 152 Å². The number of halogens is 3. The molecule has 0 amide bonds. The topological polar surface area (TPSA) is 56.9 Å². The first-order valence-corrected chi connectivity index (χ1v) is 8.74. The Kier molecular flexibility index (Phi) is 6.21. The van der Waals surface area contributed by atoms with Gasteiger partial charge in [-0.15, -0.1) is 0 Å². The molecule has 0 aliphatic carbocycles. The molecule has 1 aliphatic heterocycles. The number of piperazine rings is 1. The molecule has 26 heavy (non-hydrogen) atoms. The maximum atomic E-state index is 12.8. The third-order valence-corrected chi connectivity index (χ3v) is 4.54. The van der Waals surface area contributed by atoms with Gasteiger partial charge in [-0.3, -0.25) is 9.89 Å². The molecule has 6 nitrogen and oxygen atoms in total. The number of guanidine groups is 1. The van der Waals surface area contributed by atoms with Crippen LogP contribution in [0.15, 0.2) is 15.6 Å². The summed E-state index contributed by atoms with van der Waals surface area (Å²) in [4.78, 5) is 11.9. The monoisotopic (exact) mass is 375 g/mol. The Hall–Kier alpha value is -1.77. The van der Waals surface area contributed by atoms with E-state index in [1.165, 1.54) is 11.8 Å². The smallest absolute Gasteiger partial charge is 0.403 e. The fourth-order valence-corrected chi connectivity index (χ4v) is 2.75. The number of nitrogens with zero attached hydrogens (tertiary/aromatic N) is 4. The molecule has 1 saturated heterocycles. The van der Waals surface area contributed by atoms with Crippen molar-refractivity contribution in [3.05, 3.63) is 17.8 Å². The number of oxazole rings is 1. The van der Waals surface area contributed by atoms with Crippen LogP contribution >= 0.6 is 0 Å². The van der Waals surface area contributed by atoms with Gasteiger partial charge in [0.1, 0.15) is 11.8 Å². The van der Waals surface area contributed by atoms with Crippen molar-refractivity contribution < 1.29 is 17.6 Å². The minimum atomic E-state index is -4.20. The molecule has 1 atom stereocenters. The average Bonchev–Trinajstić information content (AvgIpc) is 3.04. The molecule has 0 radical (unpaired) electrons. The van der Waals surface area contributed by atoms with E-state index in [0.717, 1.165) is 5.76 Å². The lowest BCUT2D eigenvalue weighted by molar-refractivity contribution is -0.181. The summed E-state index contributed by atoms with van der Waals surface area (Å²) in [6.45, 7) is 9.38. The van der Waals surface area contributed by atoms with Gasteiger partial charge in [0.2, 0.25) is 5.89 Å². The van der Waals surface area contributed by atoms with Crippen LogP contribution in [0.25, 0.3) is 0 Å². The molecule has 1 aromatic rings. The largest absolute Gasteiger partial charge is 0.443 e. The van der Waals surface area contributed by atoms with Gasteiger partial charge in [-0.25, -0.2) is 4.98 Å². The van der Waals surface area contributed by atoms with E-state index in [1.54, 1.807) is 13.2 Å². The predicted octanol–water partition coefficient (Wildman–Crippen LogP) is 2.62. The molecule has 2 heterocycles. The summed E-state index contributed by atoms with van der Waals surface area (Å²) < 4.78 is 44.3. The van der Waals surface area contributed by atoms with Crippen molar-refractivity contribution in [1.29, 1.82) is 0 Å². The van der Waals surface area contributed by atoms with Gasteiger partial charge in [0.05, 0.1) is 12.7 Å². The summed E-state index contributed by atoms with van der Waals surface area (Å²) in [5.74, 6) is 2.00. The lowest BCUT2D eigenvalue weighted by Gasteiger charge is -2.39. The summed E-state index contributed by atoms with van der Waals surface area (Å²) in [6.07, 6.45) is -2.48. The van der Waals surface area contributed by atoms with Crippen LogP contribution in [-0.4, -0.2) is 66.2 Å². The van der Waals surface area contributed by atoms with Gasteiger partial charge in [-0.05, 0) is 6.92 Å². The van der Waals surface area contributed by atoms with Crippen LogP contribution in [0.3, 0.4) is 0 Å². The fraction of sp³-hybridized carbons (Fsp3) is 0.765. The second-order valence-electron chi connectivity index (χ2n) is 7.51. The van der Waals surface area contributed by atoms with Crippen molar-refractivity contribution in [2.75, 3.05) is 33.2 Å². The standard InChI is InChI=1S/C17H28F3N5O/c1-12(17(18,19)20)24-6-8-25(9-7-24)15(21-5)23-11-14-22-10-13(26-14)16(2,3)4/h10,12H,6-9,11H2,1-5H3,(H,21,23). The third kappa shape index (κ3) is 5.12. The number of alkyl halides is 3. The number of nitrogens with one attached hydrogen (secondary N) is 1. The van der Waals surface area contributed by atoms with Gasteiger partial charge in [0.15, 0.2) is 5.96 Å². The molecule has 0 bridgehead atoms. The van der Waals surface area contributed by atoms with Gasteiger partial charge < -0.3 is 14.6 Å². The summed E-state index contributed by atoms with van der Waals surface area (Å²) in [6, 6.07) is -1.43. The van der Waals surface area contributed by atoms with Gasteiger partial charge in [0, 0.05) is 38.6 Å². The highest BCUT2D eigenvalue weighted by atomic mass is 19.4. The van der Waals surface area contributed by atoms with E-state index in [1.807, 2.05) is 25.7 Å². The van der Waals surface area contributed by atoms with Gasteiger partial charge in [0.25, 0.3) is 0 Å². The summed E-state index contributed by atoms with van der Waals surface area (Å²) >= 11 is 0. The minimum absolute atomic E-state index is 0.113. The van der Waals surface area contributed by atoms with Crippen molar-refractivity contribution in [3.63, 3.8) is 0 Å². The SMILES string of the molecule is CN=C(NCc1ncc(C(C)(C)C)o1)N1CCN(C(C)C(F)(F)F)CC1. The molecule has 1 aliphatic rings. The third-order valence-electron chi connectivity index (χ3n) is 4.54. The number of hydrogen-bond acceptors (Lipinski definition) is 4. The van der Waals surface area contributed by atoms with Crippen molar-refractivity contribution >= 4 is 5.96 Å². The number of hydrogen-bond donors (Lipinski definition) is 1. The zero-order chi connectivity index (χ0) is 19.5. The van der Waals surface area contributed by atoms with Crippen LogP contribution in [0.1, 0.15) is 39.3 Å². The Balaban J connectivity index is 1.88. The zero-order valence-electron chi connectivity index (χ0n) is 16.0. The van der Waals surface area contributed by atoms with Crippen LogP contribution in [0.4, 0.5) is 13.2 Å². The molecule has 1 N–H and O–H groups in total. The molecular formula is C17H28F3N5O. The van der Waals surface area contributed by atoms with E-state index in [0.29, 0.717) is 44.6 Å². The van der Waals surface area contributed by atoms with Crippen LogP contribution in [0.2, 0.25) is 0 Å². The lowest BCUT2D eigenvalue weighted by Crippen LogP contribution is -2.56. The summed E-state index contributed by atoms with van der Waals surface area (Å²) in [5.41, 5.74) is -0.113. The normalized spacial score (nSPS) is 18.9. The highest BCUT2D eigenvalue weighted by molar-refractivity contribution is 5.79. The van der Waals surface area contributed by atoms with Gasteiger partial charge in [-0.1, -0.05) is 20.8 Å². The maximum absolute atomic E-state index is 12.8. The van der Waals surface area contributed by atoms with E-state index in [9.17, 15) is 13.2 Å². The lowest BCUT2D eigenvalue weighted by atomic mass is 9.94. The first-order valence-electron chi connectivity index (χ1n) is 8.74. The molecule has 2 rings (SSSR count). The second-order valence-corrected chi connectivity index (χ2v) is 7.51. The fourth-order valence-electron chi connectivity index (χ4n) is 2.75. The van der Waals surface area contributed by atoms with E-state index in [-0.39, 0.29) is 5.41 Å². The number of aromatic nitrogens is 1. The van der Waals surface area contributed by atoms with Crippen LogP contribution in [0.5, 0.6) is 0 Å². The van der Waals surface area contributed by atoms with Crippen molar-refractivity contribution in [2.24, 2.45) is 4.99 Å². The molecular weight excluding hydrogens is 347 g/mol. The van der Waals surface area contributed by atoms with Crippen molar-refractivity contribution in [1.82, 2.24) is 20.1 Å². The maximum Gasteiger partial charge on any atom is 0.403 e. The van der Waals surface area contributed by atoms with E-state index < -0.39 is 12.2 Å². The number of rotatable bonds is 3. The summed E-state index contributed by atoms with van der Waals surface area (Å²) in [7, 11) is 1.66. The molecule has 0 spiro atoms. The van der Waals surface area contributed by atoms with E-state index >= 15 is 0 Å². The predicted molar refractivity (Wildman–Crippen MR) is 94.1 cm³/mol. The molecule has 1 fully saturated rings. The van der Waals surface area contributed by atoms with Crippen LogP contribution < -0.4 is 5.32 Å². The van der Waals surface area contributed by atoms with Crippen molar-refractivity contribution in [3.8, 4) is 0 Å².